The summed E-state index contributed by atoms with van der Waals surface area (Å²) in [5, 5.41) is 0. The van der Waals surface area contributed by atoms with Crippen LogP contribution < -0.4 is 0 Å². The number of halogens is 4. The molecular formula is Cl4LaTi. The van der Waals surface area contributed by atoms with Crippen molar-refractivity contribution >= 4 is 37.2 Å². The van der Waals surface area contributed by atoms with Gasteiger partial charge in [0.2, 0.25) is 0 Å². The minimum Gasteiger partial charge on any atom is 0 e. The Morgan fingerprint density at radius 1 is 0.833 bits per heavy atom. The monoisotopic (exact) mass is 327 g/mol. The van der Waals surface area contributed by atoms with E-state index in [1.165, 1.54) is 0 Å². The molecule has 0 amide bonds. The first-order valence-electron chi connectivity index (χ1n) is 0.756. The van der Waals surface area contributed by atoms with Crippen molar-refractivity contribution in [1.82, 2.24) is 0 Å². The molecule has 0 aliphatic carbocycles. The van der Waals surface area contributed by atoms with E-state index >= 15 is 0 Å². The minimum atomic E-state index is -3.11. The summed E-state index contributed by atoms with van der Waals surface area (Å²) in [6, 6.07) is 0. The van der Waals surface area contributed by atoms with Gasteiger partial charge in [-0.25, -0.2) is 0 Å². The molecule has 0 spiro atoms. The van der Waals surface area contributed by atoms with Crippen molar-refractivity contribution in [3.05, 3.63) is 0 Å². The zero-order valence-electron chi connectivity index (χ0n) is 2.59. The van der Waals surface area contributed by atoms with E-state index in [9.17, 15) is 0 Å². The van der Waals surface area contributed by atoms with Gasteiger partial charge in [0.25, 0.3) is 0 Å². The standard InChI is InChI=1S/4ClH.La.Ti/h4*1H;;/q;;;;;+4/p-4. The van der Waals surface area contributed by atoms with Gasteiger partial charge in [-0.15, -0.1) is 0 Å². The fourth-order valence-electron chi connectivity index (χ4n) is 0. The molecular weight excluding hydrogens is 329 g/mol. The molecule has 0 atom stereocenters. The molecule has 0 saturated carbocycles. The molecule has 0 rings (SSSR count). The Morgan fingerprint density at radius 2 is 0.833 bits per heavy atom. The molecule has 0 aromatic carbocycles. The van der Waals surface area contributed by atoms with Gasteiger partial charge in [-0.1, -0.05) is 0 Å². The van der Waals surface area contributed by atoms with Crippen LogP contribution in [0.3, 0.4) is 0 Å². The minimum absolute atomic E-state index is 0. The maximum Gasteiger partial charge on any atom is 0 e. The average molecular weight is 329 g/mol. The van der Waals surface area contributed by atoms with Crippen molar-refractivity contribution in [2.24, 2.45) is 0 Å². The van der Waals surface area contributed by atoms with Crippen LogP contribution in [0.15, 0.2) is 0 Å². The first kappa shape index (κ1) is 11.8. The number of hydrogen-bond donors (Lipinski definition) is 0. The van der Waals surface area contributed by atoms with E-state index in [0.29, 0.717) is 0 Å². The topological polar surface area (TPSA) is 0 Å². The quantitative estimate of drug-likeness (QED) is 0.600. The molecule has 0 aliphatic rings. The van der Waals surface area contributed by atoms with E-state index in [0.717, 1.165) is 0 Å². The van der Waals surface area contributed by atoms with Crippen molar-refractivity contribution in [1.29, 1.82) is 0 Å². The molecule has 0 aliphatic heterocycles. The predicted molar refractivity (Wildman–Crippen MR) is 23.4 cm³/mol. The molecule has 0 N–H and O–H groups in total. The van der Waals surface area contributed by atoms with Crippen LogP contribution in [0.1, 0.15) is 0 Å². The van der Waals surface area contributed by atoms with Gasteiger partial charge < -0.3 is 0 Å². The van der Waals surface area contributed by atoms with Gasteiger partial charge in [-0.05, 0) is 0 Å². The Labute approximate surface area is 83.3 Å². The summed E-state index contributed by atoms with van der Waals surface area (Å²) in [4.78, 5) is 0. The molecule has 0 bridgehead atoms. The summed E-state index contributed by atoms with van der Waals surface area (Å²) in [6.07, 6.45) is 0. The van der Waals surface area contributed by atoms with Crippen LogP contribution in [0.4, 0.5) is 0 Å². The molecule has 0 nitrogen and oxygen atoms in total. The number of hydrogen-bond acceptors (Lipinski definition) is 0. The van der Waals surface area contributed by atoms with Gasteiger partial charge in [0.1, 0.15) is 0 Å². The molecule has 0 saturated heterocycles. The van der Waals surface area contributed by atoms with Crippen molar-refractivity contribution in [3.8, 4) is 0 Å². The summed E-state index contributed by atoms with van der Waals surface area (Å²) in [6.45, 7) is 0. The second-order valence-electron chi connectivity index (χ2n) is 0.429. The maximum atomic E-state index is 5.01. The second-order valence-corrected chi connectivity index (χ2v) is 15.9. The fraction of sp³-hybridized carbons (Fsp3) is 0. The van der Waals surface area contributed by atoms with Gasteiger partial charge >= 0.3 is 49.6 Å². The van der Waals surface area contributed by atoms with E-state index in [4.69, 9.17) is 37.2 Å². The third kappa shape index (κ3) is 27.6. The molecule has 35 valence electrons. The van der Waals surface area contributed by atoms with Crippen LogP contribution in [0, 0.1) is 35.6 Å². The third-order valence-corrected chi connectivity index (χ3v) is 0. The van der Waals surface area contributed by atoms with E-state index in [2.05, 4.69) is 0 Å². The van der Waals surface area contributed by atoms with E-state index in [1.807, 2.05) is 0 Å². The zero-order chi connectivity index (χ0) is 4.50. The average Bonchev–Trinajstić information content (AvgIpc) is 0.722. The molecule has 0 heterocycles. The SMILES string of the molecule is [Cl][Ti]([Cl])([Cl])[Cl].[La]. The Kier molecular flexibility index (Phi) is 9.66. The van der Waals surface area contributed by atoms with Gasteiger partial charge in [-0.2, -0.15) is 0 Å². The van der Waals surface area contributed by atoms with Crippen molar-refractivity contribution < 1.29 is 47.9 Å². The molecule has 0 unspecified atom stereocenters. The largest absolute Gasteiger partial charge is 0 e. The van der Waals surface area contributed by atoms with E-state index in [1.54, 1.807) is 0 Å². The summed E-state index contributed by atoms with van der Waals surface area (Å²) in [5.74, 6) is 0. The Bertz CT molecular complexity index is 23.0. The zero-order valence-corrected chi connectivity index (χ0v) is 10.8. The predicted octanol–water partition coefficient (Wildman–Crippen LogP) is 2.76. The summed E-state index contributed by atoms with van der Waals surface area (Å²) in [5.41, 5.74) is 0. The second kappa shape index (κ2) is 4.90. The van der Waals surface area contributed by atoms with Crippen LogP contribution in [-0.4, -0.2) is 0 Å². The van der Waals surface area contributed by atoms with E-state index < -0.39 is 12.3 Å². The first-order chi connectivity index (χ1) is 2.00. The smallest absolute Gasteiger partial charge is 0 e. The molecule has 0 fully saturated rings. The summed E-state index contributed by atoms with van der Waals surface area (Å²) >= 11 is -3.11. The molecule has 1 radical (unpaired) electrons. The van der Waals surface area contributed by atoms with Crippen molar-refractivity contribution in [2.45, 2.75) is 0 Å². The van der Waals surface area contributed by atoms with Gasteiger partial charge in [0.05, 0.1) is 0 Å². The van der Waals surface area contributed by atoms with Crippen LogP contribution in [-0.2, 0) is 12.3 Å². The summed E-state index contributed by atoms with van der Waals surface area (Å²) in [7, 11) is 20.1. The van der Waals surface area contributed by atoms with E-state index in [-0.39, 0.29) is 35.6 Å². The van der Waals surface area contributed by atoms with Gasteiger partial charge in [-0.3, -0.25) is 0 Å². The van der Waals surface area contributed by atoms with Crippen molar-refractivity contribution in [3.63, 3.8) is 0 Å². The Hall–Kier alpha value is 3.07. The van der Waals surface area contributed by atoms with Gasteiger partial charge in [0, 0.05) is 35.6 Å². The van der Waals surface area contributed by atoms with Crippen LogP contribution in [0.2, 0.25) is 0 Å². The molecule has 0 aromatic rings. The van der Waals surface area contributed by atoms with Crippen LogP contribution in [0.25, 0.3) is 0 Å². The maximum absolute atomic E-state index is 5.01. The van der Waals surface area contributed by atoms with Crippen molar-refractivity contribution in [2.75, 3.05) is 0 Å². The fourth-order valence-corrected chi connectivity index (χ4v) is 0. The Morgan fingerprint density at radius 3 is 0.833 bits per heavy atom. The number of rotatable bonds is 0. The van der Waals surface area contributed by atoms with Crippen LogP contribution in [0.5, 0.6) is 0 Å². The third-order valence-electron chi connectivity index (χ3n) is 0. The molecule has 6 heavy (non-hydrogen) atoms. The normalized spacial score (nSPS) is 10.0. The molecule has 0 aromatic heterocycles. The van der Waals surface area contributed by atoms with Crippen LogP contribution >= 0.6 is 37.2 Å². The Balaban J connectivity index is 0. The first-order valence-corrected chi connectivity index (χ1v) is 9.35. The van der Waals surface area contributed by atoms with Gasteiger partial charge in [0.15, 0.2) is 0 Å². The summed E-state index contributed by atoms with van der Waals surface area (Å²) < 4.78 is 0. The molecule has 6 heteroatoms.